The van der Waals surface area contributed by atoms with E-state index < -0.39 is 11.6 Å². The molecule has 1 aliphatic heterocycles. The first-order valence-electron chi connectivity index (χ1n) is 7.75. The third-order valence-electron chi connectivity index (χ3n) is 4.19. The number of ether oxygens (including phenoxy) is 1. The predicted molar refractivity (Wildman–Crippen MR) is 87.1 cm³/mol. The fraction of sp³-hybridized carbons (Fsp3) is 0.278. The number of carbonyl (C=O) groups is 1. The van der Waals surface area contributed by atoms with Gasteiger partial charge in [-0.25, -0.2) is 13.6 Å². The normalized spacial score (nSPS) is 17.0. The van der Waals surface area contributed by atoms with Crippen LogP contribution in [0.3, 0.4) is 0 Å². The van der Waals surface area contributed by atoms with Gasteiger partial charge in [0.05, 0.1) is 18.8 Å². The minimum Gasteiger partial charge on any atom is -0.497 e. The first kappa shape index (κ1) is 16.2. The van der Waals surface area contributed by atoms with Crippen molar-refractivity contribution < 1.29 is 18.3 Å². The van der Waals surface area contributed by atoms with Crippen molar-refractivity contribution in [2.45, 2.75) is 18.9 Å². The minimum atomic E-state index is -0.788. The van der Waals surface area contributed by atoms with Crippen LogP contribution in [0.2, 0.25) is 0 Å². The van der Waals surface area contributed by atoms with E-state index in [2.05, 4.69) is 5.32 Å². The maximum Gasteiger partial charge on any atom is 0.322 e. The lowest BCUT2D eigenvalue weighted by Gasteiger charge is -2.25. The smallest absolute Gasteiger partial charge is 0.322 e. The van der Waals surface area contributed by atoms with Crippen LogP contribution in [0.1, 0.15) is 24.4 Å². The van der Waals surface area contributed by atoms with Crippen LogP contribution in [-0.2, 0) is 0 Å². The minimum absolute atomic E-state index is 0.0261. The first-order chi connectivity index (χ1) is 11.6. The number of nitrogens with one attached hydrogen (secondary N) is 1. The zero-order valence-electron chi connectivity index (χ0n) is 13.3. The molecule has 2 aromatic carbocycles. The standard InChI is InChI=1S/C18H18F2N2O2/c1-24-14-7-4-12(5-8-14)17-3-2-10-22(17)18(23)21-16-9-6-13(19)11-15(16)20/h4-9,11,17H,2-3,10H2,1H3,(H,21,23). The van der Waals surface area contributed by atoms with Gasteiger partial charge < -0.3 is 15.0 Å². The molecule has 0 radical (unpaired) electrons. The van der Waals surface area contributed by atoms with Gasteiger partial charge in [0.15, 0.2) is 0 Å². The van der Waals surface area contributed by atoms with E-state index >= 15 is 0 Å². The Morgan fingerprint density at radius 1 is 1.21 bits per heavy atom. The number of rotatable bonds is 3. The molecule has 0 spiro atoms. The number of carbonyl (C=O) groups excluding carboxylic acids is 1. The molecule has 1 atom stereocenters. The van der Waals surface area contributed by atoms with Gasteiger partial charge in [0.1, 0.15) is 17.4 Å². The maximum atomic E-state index is 13.7. The quantitative estimate of drug-likeness (QED) is 0.908. The highest BCUT2D eigenvalue weighted by molar-refractivity contribution is 5.90. The van der Waals surface area contributed by atoms with E-state index in [0.717, 1.165) is 36.3 Å². The maximum absolute atomic E-state index is 13.7. The van der Waals surface area contributed by atoms with E-state index in [4.69, 9.17) is 4.74 Å². The van der Waals surface area contributed by atoms with Crippen LogP contribution in [0.25, 0.3) is 0 Å². The Kier molecular flexibility index (Phi) is 4.64. The molecule has 4 nitrogen and oxygen atoms in total. The van der Waals surface area contributed by atoms with Crippen molar-refractivity contribution in [2.75, 3.05) is 19.0 Å². The first-order valence-corrected chi connectivity index (χ1v) is 7.75. The van der Waals surface area contributed by atoms with Gasteiger partial charge in [0.25, 0.3) is 0 Å². The van der Waals surface area contributed by atoms with Gasteiger partial charge in [-0.05, 0) is 42.7 Å². The van der Waals surface area contributed by atoms with Gasteiger partial charge in [0, 0.05) is 12.6 Å². The Bertz CT molecular complexity index is 734. The number of anilines is 1. The Hall–Kier alpha value is -2.63. The van der Waals surface area contributed by atoms with Crippen molar-refractivity contribution in [3.63, 3.8) is 0 Å². The number of hydrogen-bond acceptors (Lipinski definition) is 2. The second-order valence-electron chi connectivity index (χ2n) is 5.68. The molecule has 1 aliphatic rings. The zero-order valence-corrected chi connectivity index (χ0v) is 13.3. The molecule has 24 heavy (non-hydrogen) atoms. The summed E-state index contributed by atoms with van der Waals surface area (Å²) in [4.78, 5) is 14.2. The summed E-state index contributed by atoms with van der Waals surface area (Å²) < 4.78 is 31.8. The lowest BCUT2D eigenvalue weighted by Crippen LogP contribution is -2.34. The molecule has 0 aliphatic carbocycles. The number of halogens is 2. The molecule has 126 valence electrons. The van der Waals surface area contributed by atoms with Crippen LogP contribution in [0.4, 0.5) is 19.3 Å². The summed E-state index contributed by atoms with van der Waals surface area (Å²) in [6.45, 7) is 0.589. The summed E-state index contributed by atoms with van der Waals surface area (Å²) in [7, 11) is 1.60. The van der Waals surface area contributed by atoms with Crippen LogP contribution in [0.5, 0.6) is 5.75 Å². The summed E-state index contributed by atoms with van der Waals surface area (Å²) in [6, 6.07) is 10.2. The molecule has 2 aromatic rings. The van der Waals surface area contributed by atoms with Gasteiger partial charge in [-0.15, -0.1) is 0 Å². The van der Waals surface area contributed by atoms with Gasteiger partial charge >= 0.3 is 6.03 Å². The molecule has 1 fully saturated rings. The van der Waals surface area contributed by atoms with Crippen molar-refractivity contribution in [1.29, 1.82) is 0 Å². The topological polar surface area (TPSA) is 41.6 Å². The average Bonchev–Trinajstić information content (AvgIpc) is 3.07. The summed E-state index contributed by atoms with van der Waals surface area (Å²) in [5.74, 6) is -0.715. The van der Waals surface area contributed by atoms with Crippen LogP contribution in [0, 0.1) is 11.6 Å². The Morgan fingerprint density at radius 3 is 2.62 bits per heavy atom. The Labute approximate surface area is 139 Å². The van der Waals surface area contributed by atoms with Crippen LogP contribution in [-0.4, -0.2) is 24.6 Å². The lowest BCUT2D eigenvalue weighted by molar-refractivity contribution is 0.207. The molecule has 0 saturated carbocycles. The molecule has 1 heterocycles. The SMILES string of the molecule is COc1ccc(C2CCCN2C(=O)Nc2ccc(F)cc2F)cc1. The van der Waals surface area contributed by atoms with E-state index in [1.165, 1.54) is 6.07 Å². The molecule has 6 heteroatoms. The van der Waals surface area contributed by atoms with E-state index in [-0.39, 0.29) is 17.8 Å². The van der Waals surface area contributed by atoms with Crippen molar-refractivity contribution in [2.24, 2.45) is 0 Å². The van der Waals surface area contributed by atoms with Crippen molar-refractivity contribution in [1.82, 2.24) is 4.90 Å². The predicted octanol–water partition coefficient (Wildman–Crippen LogP) is 4.34. The zero-order chi connectivity index (χ0) is 17.1. The number of amides is 2. The van der Waals surface area contributed by atoms with E-state index in [0.29, 0.717) is 6.54 Å². The second kappa shape index (κ2) is 6.86. The molecule has 1 N–H and O–H groups in total. The van der Waals surface area contributed by atoms with Crippen molar-refractivity contribution in [3.05, 3.63) is 59.7 Å². The monoisotopic (exact) mass is 332 g/mol. The molecule has 0 bridgehead atoms. The average molecular weight is 332 g/mol. The molecule has 0 aromatic heterocycles. The molecule has 1 saturated heterocycles. The fourth-order valence-corrected chi connectivity index (χ4v) is 2.96. The molecule has 3 rings (SSSR count). The molecular weight excluding hydrogens is 314 g/mol. The number of likely N-dealkylation sites (tertiary alicyclic amines) is 1. The lowest BCUT2D eigenvalue weighted by atomic mass is 10.0. The van der Waals surface area contributed by atoms with Crippen LogP contribution < -0.4 is 10.1 Å². The van der Waals surface area contributed by atoms with Gasteiger partial charge in [0.2, 0.25) is 0 Å². The third-order valence-corrected chi connectivity index (χ3v) is 4.19. The highest BCUT2D eigenvalue weighted by Crippen LogP contribution is 2.33. The molecule has 1 unspecified atom stereocenters. The highest BCUT2D eigenvalue weighted by Gasteiger charge is 2.30. The summed E-state index contributed by atoms with van der Waals surface area (Å²) >= 11 is 0. The van der Waals surface area contributed by atoms with E-state index in [1.807, 2.05) is 24.3 Å². The van der Waals surface area contributed by atoms with Crippen LogP contribution in [0.15, 0.2) is 42.5 Å². The number of nitrogens with zero attached hydrogens (tertiary/aromatic N) is 1. The largest absolute Gasteiger partial charge is 0.497 e. The summed E-state index contributed by atoms with van der Waals surface area (Å²) in [5.41, 5.74) is 0.977. The second-order valence-corrected chi connectivity index (χ2v) is 5.68. The third kappa shape index (κ3) is 3.32. The molecular formula is C18H18F2N2O2. The van der Waals surface area contributed by atoms with Crippen molar-refractivity contribution >= 4 is 11.7 Å². The number of hydrogen-bond donors (Lipinski definition) is 1. The van der Waals surface area contributed by atoms with Gasteiger partial charge in [-0.3, -0.25) is 0 Å². The fourth-order valence-electron chi connectivity index (χ4n) is 2.96. The van der Waals surface area contributed by atoms with E-state index in [1.54, 1.807) is 12.0 Å². The Balaban J connectivity index is 1.75. The summed E-state index contributed by atoms with van der Waals surface area (Å²) in [6.07, 6.45) is 1.71. The van der Waals surface area contributed by atoms with Crippen molar-refractivity contribution in [3.8, 4) is 5.75 Å². The highest BCUT2D eigenvalue weighted by atomic mass is 19.1. The molecule has 2 amide bonds. The van der Waals surface area contributed by atoms with E-state index in [9.17, 15) is 13.6 Å². The van der Waals surface area contributed by atoms with Crippen LogP contribution >= 0.6 is 0 Å². The Morgan fingerprint density at radius 2 is 1.96 bits per heavy atom. The number of urea groups is 1. The van der Waals surface area contributed by atoms with Gasteiger partial charge in [-0.2, -0.15) is 0 Å². The van der Waals surface area contributed by atoms with Gasteiger partial charge in [-0.1, -0.05) is 12.1 Å². The number of methoxy groups -OCH3 is 1. The number of benzene rings is 2. The summed E-state index contributed by atoms with van der Waals surface area (Å²) in [5, 5.41) is 2.52.